The van der Waals surface area contributed by atoms with Crippen LogP contribution in [0.25, 0.3) is 119 Å². The summed E-state index contributed by atoms with van der Waals surface area (Å²) in [6, 6.07) is 66.7. The van der Waals surface area contributed by atoms with Crippen molar-refractivity contribution in [2.75, 3.05) is 0 Å². The molecule has 0 spiro atoms. The molecule has 0 amide bonds. The molecule has 0 aliphatic heterocycles. The molecular weight excluding hydrogens is 673 g/mol. The lowest BCUT2D eigenvalue weighted by atomic mass is 9.85. The first-order valence-electron chi connectivity index (χ1n) is 18.5. The largest absolute Gasteiger partial charge is 0.455 e. The van der Waals surface area contributed by atoms with Crippen LogP contribution in [0.15, 0.2) is 186 Å². The maximum absolute atomic E-state index is 6.62. The van der Waals surface area contributed by atoms with Gasteiger partial charge in [0, 0.05) is 36.3 Å². The van der Waals surface area contributed by atoms with E-state index in [0.717, 1.165) is 27.3 Å². The molecular formula is C52H30OS. The summed E-state index contributed by atoms with van der Waals surface area (Å²) in [5.41, 5.74) is 9.25. The van der Waals surface area contributed by atoms with Gasteiger partial charge in [0.05, 0.1) is 0 Å². The SMILES string of the molecule is c1ccc2cc(-c3c4ccccc4c(-c4ccc(-c5ccc6oc7c(ccc8c7ccc7sc9ccccc9c78)c6c5)cc4)c4ccccc34)ccc2c1. The maximum atomic E-state index is 6.62. The van der Waals surface area contributed by atoms with E-state index in [4.69, 9.17) is 4.42 Å². The van der Waals surface area contributed by atoms with E-state index < -0.39 is 0 Å². The molecule has 0 bridgehead atoms. The Hall–Kier alpha value is -6.74. The Balaban J connectivity index is 0.986. The minimum Gasteiger partial charge on any atom is -0.455 e. The Bertz CT molecular complexity index is 3430. The lowest BCUT2D eigenvalue weighted by molar-refractivity contribution is 0.673. The number of rotatable bonds is 3. The lowest BCUT2D eigenvalue weighted by Gasteiger charge is -2.18. The summed E-state index contributed by atoms with van der Waals surface area (Å²) in [5.74, 6) is 0. The van der Waals surface area contributed by atoms with Gasteiger partial charge in [0.1, 0.15) is 11.2 Å². The molecule has 0 aliphatic rings. The van der Waals surface area contributed by atoms with Crippen LogP contribution in [0.4, 0.5) is 0 Å². The van der Waals surface area contributed by atoms with Gasteiger partial charge >= 0.3 is 0 Å². The van der Waals surface area contributed by atoms with E-state index >= 15 is 0 Å². The van der Waals surface area contributed by atoms with Crippen molar-refractivity contribution in [3.63, 3.8) is 0 Å². The number of hydrogen-bond donors (Lipinski definition) is 0. The van der Waals surface area contributed by atoms with Crippen LogP contribution >= 0.6 is 11.3 Å². The molecule has 0 radical (unpaired) electrons. The van der Waals surface area contributed by atoms with Crippen molar-refractivity contribution < 1.29 is 4.42 Å². The summed E-state index contributed by atoms with van der Waals surface area (Å²) in [6.07, 6.45) is 0. The van der Waals surface area contributed by atoms with Crippen molar-refractivity contribution in [1.82, 2.24) is 0 Å². The average Bonchev–Trinajstić information content (AvgIpc) is 3.81. The van der Waals surface area contributed by atoms with Gasteiger partial charge in [-0.3, -0.25) is 0 Å². The van der Waals surface area contributed by atoms with Crippen molar-refractivity contribution in [2.24, 2.45) is 0 Å². The normalized spacial score (nSPS) is 12.1. The number of furan rings is 1. The topological polar surface area (TPSA) is 13.1 Å². The minimum atomic E-state index is 0.914. The van der Waals surface area contributed by atoms with Gasteiger partial charge < -0.3 is 4.42 Å². The van der Waals surface area contributed by atoms with Crippen molar-refractivity contribution in [1.29, 1.82) is 0 Å². The standard InChI is InChI=1S/C52H30OS/c1-2-10-34-29-36(22-19-31(34)9-1)50-39-13-5-3-11-37(39)49(38-12-4-6-14-40(38)50)33-20-17-32(18-21-33)35-23-27-46-45(30-35)43-25-24-41-42(52(43)53-46)26-28-48-51(41)44-15-7-8-16-47(44)54-48/h1-30H. The maximum Gasteiger partial charge on any atom is 0.143 e. The molecule has 0 unspecified atom stereocenters. The first-order valence-corrected chi connectivity index (χ1v) is 19.3. The third kappa shape index (κ3) is 4.32. The molecule has 0 N–H and O–H groups in total. The summed E-state index contributed by atoms with van der Waals surface area (Å²) in [6.45, 7) is 0. The van der Waals surface area contributed by atoms with Crippen molar-refractivity contribution in [2.45, 2.75) is 0 Å². The fourth-order valence-electron chi connectivity index (χ4n) is 8.97. The fraction of sp³-hybridized carbons (Fsp3) is 0. The summed E-state index contributed by atoms with van der Waals surface area (Å²) in [5, 5.41) is 14.9. The monoisotopic (exact) mass is 702 g/mol. The molecule has 2 aromatic heterocycles. The van der Waals surface area contributed by atoms with Gasteiger partial charge in [-0.2, -0.15) is 0 Å². The van der Waals surface area contributed by atoms with Crippen LogP contribution in [0.1, 0.15) is 0 Å². The predicted octanol–water partition coefficient (Wildman–Crippen LogP) is 15.6. The van der Waals surface area contributed by atoms with Crippen LogP contribution < -0.4 is 0 Å². The van der Waals surface area contributed by atoms with Crippen LogP contribution in [0.5, 0.6) is 0 Å². The van der Waals surface area contributed by atoms with Crippen molar-refractivity contribution in [3.8, 4) is 33.4 Å². The average molecular weight is 703 g/mol. The zero-order valence-electron chi connectivity index (χ0n) is 29.1. The molecule has 2 heteroatoms. The van der Waals surface area contributed by atoms with E-state index in [1.807, 2.05) is 11.3 Å². The quantitative estimate of drug-likeness (QED) is 0.167. The molecule has 1 nitrogen and oxygen atoms in total. The van der Waals surface area contributed by atoms with Crippen LogP contribution in [0, 0.1) is 0 Å². The highest BCUT2D eigenvalue weighted by atomic mass is 32.1. The molecule has 0 saturated carbocycles. The number of benzene rings is 10. The van der Waals surface area contributed by atoms with E-state index in [9.17, 15) is 0 Å². The molecule has 54 heavy (non-hydrogen) atoms. The third-order valence-corrected chi connectivity index (χ3v) is 12.6. The molecule has 0 aliphatic carbocycles. The van der Waals surface area contributed by atoms with Gasteiger partial charge in [0.2, 0.25) is 0 Å². The Labute approximate surface area is 314 Å². The number of fused-ring (bicyclic) bond motifs is 12. The lowest BCUT2D eigenvalue weighted by Crippen LogP contribution is -1.91. The van der Waals surface area contributed by atoms with E-state index in [-0.39, 0.29) is 0 Å². The summed E-state index contributed by atoms with van der Waals surface area (Å²) >= 11 is 1.86. The highest BCUT2D eigenvalue weighted by molar-refractivity contribution is 7.26. The van der Waals surface area contributed by atoms with Gasteiger partial charge in [-0.05, 0) is 114 Å². The Morgan fingerprint density at radius 2 is 0.870 bits per heavy atom. The zero-order valence-corrected chi connectivity index (χ0v) is 30.0. The second-order valence-corrected chi connectivity index (χ2v) is 15.5. The van der Waals surface area contributed by atoms with Gasteiger partial charge in [-0.1, -0.05) is 140 Å². The summed E-state index contributed by atoms with van der Waals surface area (Å²) < 4.78 is 9.25. The van der Waals surface area contributed by atoms with Gasteiger partial charge in [-0.25, -0.2) is 0 Å². The smallest absolute Gasteiger partial charge is 0.143 e. The highest BCUT2D eigenvalue weighted by Gasteiger charge is 2.18. The molecule has 10 aromatic carbocycles. The molecule has 12 aromatic rings. The summed E-state index contributed by atoms with van der Waals surface area (Å²) in [7, 11) is 0. The Morgan fingerprint density at radius 1 is 0.315 bits per heavy atom. The second-order valence-electron chi connectivity index (χ2n) is 14.4. The molecule has 0 atom stereocenters. The Morgan fingerprint density at radius 3 is 1.63 bits per heavy atom. The van der Waals surface area contributed by atoms with E-state index in [2.05, 4.69) is 182 Å². The first kappa shape index (κ1) is 29.8. The third-order valence-electron chi connectivity index (χ3n) is 11.4. The molecule has 2 heterocycles. The zero-order chi connectivity index (χ0) is 35.3. The van der Waals surface area contributed by atoms with Crippen molar-refractivity contribution >= 4 is 96.5 Å². The van der Waals surface area contributed by atoms with Gasteiger partial charge in [-0.15, -0.1) is 11.3 Å². The van der Waals surface area contributed by atoms with Crippen LogP contribution in [0.3, 0.4) is 0 Å². The Kier molecular flexibility index (Phi) is 6.28. The van der Waals surface area contributed by atoms with E-state index in [0.29, 0.717) is 0 Å². The highest BCUT2D eigenvalue weighted by Crippen LogP contribution is 2.46. The molecule has 0 fully saturated rings. The molecule has 12 rings (SSSR count). The van der Waals surface area contributed by atoms with Crippen LogP contribution in [0.2, 0.25) is 0 Å². The fourth-order valence-corrected chi connectivity index (χ4v) is 10.1. The van der Waals surface area contributed by atoms with Crippen LogP contribution in [-0.2, 0) is 0 Å². The number of hydrogen-bond acceptors (Lipinski definition) is 2. The minimum absolute atomic E-state index is 0.914. The summed E-state index contributed by atoms with van der Waals surface area (Å²) in [4.78, 5) is 0. The van der Waals surface area contributed by atoms with Crippen molar-refractivity contribution in [3.05, 3.63) is 182 Å². The molecule has 250 valence electrons. The van der Waals surface area contributed by atoms with E-state index in [1.54, 1.807) is 0 Å². The second kappa shape index (κ2) is 11.4. The van der Waals surface area contributed by atoms with Gasteiger partial charge in [0.25, 0.3) is 0 Å². The van der Waals surface area contributed by atoms with Gasteiger partial charge in [0.15, 0.2) is 0 Å². The van der Waals surface area contributed by atoms with Crippen LogP contribution in [-0.4, -0.2) is 0 Å². The first-order chi connectivity index (χ1) is 26.8. The van der Waals surface area contributed by atoms with E-state index in [1.165, 1.54) is 91.3 Å². The number of thiophene rings is 1. The predicted molar refractivity (Wildman–Crippen MR) is 233 cm³/mol. The molecule has 0 saturated heterocycles.